The number of hydrogen-bond donors (Lipinski definition) is 0. The number of ether oxygens (including phenoxy) is 2. The number of benzene rings is 1. The Bertz CT molecular complexity index is 558. The van der Waals surface area contributed by atoms with Crippen LogP contribution in [0, 0.1) is 0 Å². The van der Waals surface area contributed by atoms with Crippen LogP contribution in [0.25, 0.3) is 0 Å². The molecule has 0 aliphatic carbocycles. The molecule has 0 bridgehead atoms. The van der Waals surface area contributed by atoms with Gasteiger partial charge in [-0.3, -0.25) is 4.90 Å². The van der Waals surface area contributed by atoms with Gasteiger partial charge in [0.25, 0.3) is 0 Å². The van der Waals surface area contributed by atoms with Crippen LogP contribution in [-0.4, -0.2) is 60.1 Å². The monoisotopic (exact) mass is 334 g/mol. The fraction of sp³-hybridized carbons (Fsp3) is 0.611. The average Bonchev–Trinajstić information content (AvgIpc) is 2.89. The van der Waals surface area contributed by atoms with Gasteiger partial charge in [-0.2, -0.15) is 0 Å². The van der Waals surface area contributed by atoms with Gasteiger partial charge in [0.1, 0.15) is 5.60 Å². The number of carbonyl (C=O) groups excluding carboxylic acids is 1. The van der Waals surface area contributed by atoms with E-state index in [1.165, 1.54) is 5.56 Å². The van der Waals surface area contributed by atoms with Crippen molar-refractivity contribution in [3.63, 3.8) is 0 Å². The molecule has 0 saturated carbocycles. The van der Waals surface area contributed by atoms with Gasteiger partial charge in [-0.25, -0.2) is 4.79 Å². The fourth-order valence-electron chi connectivity index (χ4n) is 3.19. The molecule has 2 saturated heterocycles. The van der Waals surface area contributed by atoms with Gasteiger partial charge < -0.3 is 14.3 Å². The summed E-state index contributed by atoms with van der Waals surface area (Å²) in [5, 5.41) is 1.66. The van der Waals surface area contributed by atoms with Gasteiger partial charge in [0.05, 0.1) is 31.8 Å². The van der Waals surface area contributed by atoms with Crippen LogP contribution in [0.3, 0.4) is 0 Å². The summed E-state index contributed by atoms with van der Waals surface area (Å²) in [6.07, 6.45) is -0.597. The minimum atomic E-state index is -0.657. The molecule has 0 radical (unpaired) electrons. The van der Waals surface area contributed by atoms with Crippen LogP contribution in [-0.2, 0) is 20.9 Å². The van der Waals surface area contributed by atoms with E-state index in [2.05, 4.69) is 29.2 Å². The van der Waals surface area contributed by atoms with Gasteiger partial charge in [-0.05, 0) is 26.3 Å². The molecule has 3 rings (SSSR count). The smallest absolute Gasteiger partial charge is 0.427 e. The maximum absolute atomic E-state index is 11.9. The number of nitrogens with zero attached hydrogens (tertiary/aromatic N) is 2. The molecular formula is C18H26N2O4. The normalized spacial score (nSPS) is 25.3. The van der Waals surface area contributed by atoms with Crippen molar-refractivity contribution in [3.05, 3.63) is 35.9 Å². The lowest BCUT2D eigenvalue weighted by atomic mass is 10.1. The van der Waals surface area contributed by atoms with Crippen LogP contribution >= 0.6 is 0 Å². The highest BCUT2D eigenvalue weighted by Gasteiger charge is 2.42. The van der Waals surface area contributed by atoms with Gasteiger partial charge in [0.2, 0.25) is 0 Å². The quantitative estimate of drug-likeness (QED) is 0.792. The van der Waals surface area contributed by atoms with Crippen molar-refractivity contribution >= 4 is 6.16 Å². The zero-order chi connectivity index (χ0) is 17.2. The molecule has 24 heavy (non-hydrogen) atoms. The summed E-state index contributed by atoms with van der Waals surface area (Å²) in [6, 6.07) is 10.6. The van der Waals surface area contributed by atoms with E-state index in [1.54, 1.807) is 5.06 Å². The van der Waals surface area contributed by atoms with Crippen LogP contribution in [0.5, 0.6) is 0 Å². The number of carbonyl (C=O) groups is 1. The van der Waals surface area contributed by atoms with Crippen LogP contribution < -0.4 is 0 Å². The molecule has 132 valence electrons. The minimum Gasteiger partial charge on any atom is -0.427 e. The largest absolute Gasteiger partial charge is 0.528 e. The molecule has 0 N–H and O–H groups in total. The van der Waals surface area contributed by atoms with E-state index in [0.29, 0.717) is 19.7 Å². The number of fused-ring (bicyclic) bond motifs is 1. The summed E-state index contributed by atoms with van der Waals surface area (Å²) in [4.78, 5) is 19.6. The molecule has 2 atom stereocenters. The van der Waals surface area contributed by atoms with E-state index in [1.807, 2.05) is 26.8 Å². The van der Waals surface area contributed by atoms with Crippen molar-refractivity contribution in [1.82, 2.24) is 9.96 Å². The van der Waals surface area contributed by atoms with E-state index >= 15 is 0 Å². The van der Waals surface area contributed by atoms with Crippen molar-refractivity contribution in [2.24, 2.45) is 0 Å². The Morgan fingerprint density at radius 2 is 2.00 bits per heavy atom. The minimum absolute atomic E-state index is 0.0601. The van der Waals surface area contributed by atoms with Gasteiger partial charge in [0.15, 0.2) is 0 Å². The van der Waals surface area contributed by atoms with E-state index in [9.17, 15) is 4.79 Å². The van der Waals surface area contributed by atoms with Crippen molar-refractivity contribution in [2.45, 2.75) is 45.1 Å². The lowest BCUT2D eigenvalue weighted by molar-refractivity contribution is -0.135. The Morgan fingerprint density at radius 1 is 1.25 bits per heavy atom. The number of hydroxylamine groups is 2. The van der Waals surface area contributed by atoms with Crippen LogP contribution in [0.2, 0.25) is 0 Å². The van der Waals surface area contributed by atoms with E-state index in [0.717, 1.165) is 13.1 Å². The summed E-state index contributed by atoms with van der Waals surface area (Å²) >= 11 is 0. The molecule has 6 heteroatoms. The third-order valence-electron chi connectivity index (χ3n) is 4.20. The summed E-state index contributed by atoms with van der Waals surface area (Å²) in [7, 11) is 0. The SMILES string of the molecule is CC(C)(C)OC(=O)ON1C[C@@H]2OCCN(Cc3ccccc3)[C@@H]2C1. The second-order valence-corrected chi connectivity index (χ2v) is 7.34. The maximum atomic E-state index is 11.9. The van der Waals surface area contributed by atoms with Crippen molar-refractivity contribution in [1.29, 1.82) is 0 Å². The van der Waals surface area contributed by atoms with Gasteiger partial charge in [-0.15, -0.1) is 5.06 Å². The first-order valence-electron chi connectivity index (χ1n) is 8.46. The standard InChI is InChI=1S/C18H26N2O4/c1-18(2,3)23-17(21)24-20-12-15-16(13-20)22-10-9-19(15)11-14-7-5-4-6-8-14/h4-8,15-16H,9-13H2,1-3H3/t15-,16+/m1/s1. The lowest BCUT2D eigenvalue weighted by Gasteiger charge is -2.36. The van der Waals surface area contributed by atoms with Crippen LogP contribution in [0.1, 0.15) is 26.3 Å². The molecule has 1 aromatic carbocycles. The van der Waals surface area contributed by atoms with Crippen molar-refractivity contribution in [3.8, 4) is 0 Å². The Kier molecular flexibility index (Phi) is 5.08. The van der Waals surface area contributed by atoms with E-state index in [4.69, 9.17) is 14.3 Å². The molecule has 1 aromatic rings. The number of hydrogen-bond acceptors (Lipinski definition) is 6. The zero-order valence-corrected chi connectivity index (χ0v) is 14.6. The molecule has 0 aromatic heterocycles. The summed E-state index contributed by atoms with van der Waals surface area (Å²) in [5.41, 5.74) is 0.726. The average molecular weight is 334 g/mol. The highest BCUT2D eigenvalue weighted by molar-refractivity contribution is 5.60. The summed E-state index contributed by atoms with van der Waals surface area (Å²) in [6.45, 7) is 9.15. The lowest BCUT2D eigenvalue weighted by Crippen LogP contribution is -2.50. The van der Waals surface area contributed by atoms with Crippen LogP contribution in [0.15, 0.2) is 30.3 Å². The Morgan fingerprint density at radius 3 is 2.71 bits per heavy atom. The number of morpholine rings is 1. The summed E-state index contributed by atoms with van der Waals surface area (Å²) in [5.74, 6) is 0. The topological polar surface area (TPSA) is 51.2 Å². The molecule has 2 fully saturated rings. The third kappa shape index (κ3) is 4.47. The molecule has 6 nitrogen and oxygen atoms in total. The Hall–Kier alpha value is -1.63. The molecule has 0 amide bonds. The molecular weight excluding hydrogens is 308 g/mol. The van der Waals surface area contributed by atoms with Gasteiger partial charge >= 0.3 is 6.16 Å². The van der Waals surface area contributed by atoms with Gasteiger partial charge in [0, 0.05) is 13.1 Å². The predicted octanol–water partition coefficient (Wildman–Crippen LogP) is 2.44. The third-order valence-corrected chi connectivity index (χ3v) is 4.20. The molecule has 2 aliphatic rings. The molecule has 2 aliphatic heterocycles. The molecule has 0 unspecified atom stereocenters. The predicted molar refractivity (Wildman–Crippen MR) is 89.3 cm³/mol. The zero-order valence-electron chi connectivity index (χ0n) is 14.6. The highest BCUT2D eigenvalue weighted by Crippen LogP contribution is 2.25. The Labute approximate surface area is 143 Å². The van der Waals surface area contributed by atoms with Crippen LogP contribution in [0.4, 0.5) is 4.79 Å². The highest BCUT2D eigenvalue weighted by atomic mass is 16.8. The van der Waals surface area contributed by atoms with E-state index < -0.39 is 11.8 Å². The first kappa shape index (κ1) is 17.2. The maximum Gasteiger partial charge on any atom is 0.528 e. The van der Waals surface area contributed by atoms with Gasteiger partial charge in [-0.1, -0.05) is 30.3 Å². The van der Waals surface area contributed by atoms with Crippen molar-refractivity contribution in [2.75, 3.05) is 26.2 Å². The first-order valence-corrected chi connectivity index (χ1v) is 8.46. The van der Waals surface area contributed by atoms with E-state index in [-0.39, 0.29) is 12.1 Å². The number of rotatable bonds is 3. The first-order chi connectivity index (χ1) is 11.4. The second kappa shape index (κ2) is 7.09. The fourth-order valence-corrected chi connectivity index (χ4v) is 3.19. The molecule has 0 spiro atoms. The summed E-state index contributed by atoms with van der Waals surface area (Å²) < 4.78 is 11.1. The Balaban J connectivity index is 1.57. The molecule has 2 heterocycles. The second-order valence-electron chi connectivity index (χ2n) is 7.34. The van der Waals surface area contributed by atoms with Crippen molar-refractivity contribution < 1.29 is 19.1 Å².